The van der Waals surface area contributed by atoms with E-state index in [2.05, 4.69) is 20.1 Å². The minimum atomic E-state index is -0.786. The molecule has 12 nitrogen and oxygen atoms in total. The molecule has 12 bridgehead atoms. The predicted molar refractivity (Wildman–Crippen MR) is 185 cm³/mol. The molecule has 0 aromatic heterocycles. The molecular weight excluding hydrogens is 670 g/mol. The first-order valence-electron chi connectivity index (χ1n) is 20.0. The van der Waals surface area contributed by atoms with Gasteiger partial charge in [-0.2, -0.15) is 0 Å². The van der Waals surface area contributed by atoms with Crippen LogP contribution in [0.15, 0.2) is 24.3 Å². The Morgan fingerprint density at radius 1 is 0.788 bits per heavy atom. The summed E-state index contributed by atoms with van der Waals surface area (Å²) in [6.07, 6.45) is 4.92. The minimum absolute atomic E-state index is 0.0240. The van der Waals surface area contributed by atoms with Crippen LogP contribution in [0.1, 0.15) is 90.4 Å². The average molecular weight is 728 g/mol. The summed E-state index contributed by atoms with van der Waals surface area (Å²) in [7, 11) is 1.63. The van der Waals surface area contributed by atoms with Crippen molar-refractivity contribution in [1.82, 2.24) is 0 Å². The number of ether oxygens (including phenoxy) is 9. The summed E-state index contributed by atoms with van der Waals surface area (Å²) in [6.45, 7) is 11.0. The van der Waals surface area contributed by atoms with Crippen LogP contribution in [-0.4, -0.2) is 123 Å². The van der Waals surface area contributed by atoms with Crippen molar-refractivity contribution in [2.24, 2.45) is 17.6 Å². The van der Waals surface area contributed by atoms with Gasteiger partial charge in [-0.1, -0.05) is 20.1 Å². The Balaban J connectivity index is 0.995. The normalized spacial score (nSPS) is 51.7. The van der Waals surface area contributed by atoms with E-state index in [0.717, 1.165) is 49.7 Å². The van der Waals surface area contributed by atoms with Gasteiger partial charge in [-0.15, -0.1) is 0 Å². The monoisotopic (exact) mass is 727 g/mol. The lowest BCUT2D eigenvalue weighted by Gasteiger charge is -2.47. The van der Waals surface area contributed by atoms with Crippen LogP contribution in [0.3, 0.4) is 0 Å². The second kappa shape index (κ2) is 14.2. The van der Waals surface area contributed by atoms with Crippen LogP contribution in [0.25, 0.3) is 0 Å². The number of hydrogen-bond donors (Lipinski definition) is 1. The maximum atomic E-state index is 14.0. The summed E-state index contributed by atoms with van der Waals surface area (Å²) >= 11 is 0. The second-order valence-corrected chi connectivity index (χ2v) is 17.2. The lowest BCUT2D eigenvalue weighted by molar-refractivity contribution is -0.292. The number of ketones is 2. The van der Waals surface area contributed by atoms with Crippen molar-refractivity contribution in [1.29, 1.82) is 0 Å². The quantitative estimate of drug-likeness (QED) is 0.423. The van der Waals surface area contributed by atoms with E-state index in [9.17, 15) is 9.59 Å². The number of carbonyl (C=O) groups is 2. The highest BCUT2D eigenvalue weighted by Gasteiger charge is 2.68. The van der Waals surface area contributed by atoms with E-state index >= 15 is 0 Å². The summed E-state index contributed by atoms with van der Waals surface area (Å²) in [5.41, 5.74) is 7.89. The molecule has 52 heavy (non-hydrogen) atoms. The van der Waals surface area contributed by atoms with Crippen molar-refractivity contribution in [2.75, 3.05) is 13.7 Å². The second-order valence-electron chi connectivity index (χ2n) is 17.2. The molecule has 10 rings (SSSR count). The molecule has 10 aliphatic rings. The van der Waals surface area contributed by atoms with Gasteiger partial charge < -0.3 is 48.4 Å². The van der Waals surface area contributed by atoms with Gasteiger partial charge in [0, 0.05) is 51.6 Å². The average Bonchev–Trinajstić information content (AvgIpc) is 3.79. The van der Waals surface area contributed by atoms with E-state index in [0.29, 0.717) is 25.7 Å². The summed E-state index contributed by atoms with van der Waals surface area (Å²) in [6, 6.07) is 0. The highest BCUT2D eigenvalue weighted by Crippen LogP contribution is 2.54. The summed E-state index contributed by atoms with van der Waals surface area (Å²) in [5, 5.41) is 0. The van der Waals surface area contributed by atoms with E-state index in [-0.39, 0.29) is 129 Å². The maximum Gasteiger partial charge on any atom is 0.172 e. The molecule has 0 saturated carbocycles. The van der Waals surface area contributed by atoms with Crippen LogP contribution in [0.5, 0.6) is 0 Å². The van der Waals surface area contributed by atoms with Crippen LogP contribution < -0.4 is 5.73 Å². The van der Waals surface area contributed by atoms with Gasteiger partial charge in [-0.05, 0) is 62.0 Å². The van der Waals surface area contributed by atoms with Gasteiger partial charge in [0.05, 0.1) is 67.6 Å². The Bertz CT molecular complexity index is 1420. The molecular formula is C40H57NO11. The zero-order valence-electron chi connectivity index (χ0n) is 30.7. The summed E-state index contributed by atoms with van der Waals surface area (Å²) < 4.78 is 59.8. The molecule has 10 fully saturated rings. The minimum Gasteiger partial charge on any atom is -0.378 e. The number of methoxy groups -OCH3 is 1. The zero-order chi connectivity index (χ0) is 35.9. The van der Waals surface area contributed by atoms with Gasteiger partial charge in [-0.25, -0.2) is 0 Å². The number of rotatable bonds is 4. The third-order valence-corrected chi connectivity index (χ3v) is 13.9. The number of carbonyl (C=O) groups excluding carboxylic acids is 2. The van der Waals surface area contributed by atoms with Crippen molar-refractivity contribution >= 4 is 11.6 Å². The van der Waals surface area contributed by atoms with Crippen LogP contribution in [0.4, 0.5) is 0 Å². The van der Waals surface area contributed by atoms with E-state index in [1.807, 2.05) is 0 Å². The Labute approximate surface area is 306 Å². The molecule has 10 heterocycles. The Morgan fingerprint density at radius 3 is 2.37 bits per heavy atom. The van der Waals surface area contributed by atoms with Crippen LogP contribution >= 0.6 is 0 Å². The largest absolute Gasteiger partial charge is 0.378 e. The molecule has 18 atom stereocenters. The molecule has 0 aromatic rings. The van der Waals surface area contributed by atoms with E-state index in [1.54, 1.807) is 7.11 Å². The SMILES string of the molecule is C=C1C[C@@H]2CCC34C[C@H]5O[C@H]6[C@@H](O3)[C@H]3O[C@H](CC[C@@H]3O[C@H]6[C@H]5O4)CC(=O)CC3[C@H](C[C@H]4O[C@@H](CC[C@@H]1O2)C[C@@H](C)C4=C)O[C@H](CC(=O)CN)[C@@H]3OC. The molecule has 288 valence electrons. The smallest absolute Gasteiger partial charge is 0.172 e. The van der Waals surface area contributed by atoms with Gasteiger partial charge in [0.25, 0.3) is 0 Å². The third-order valence-electron chi connectivity index (χ3n) is 13.9. The zero-order valence-corrected chi connectivity index (χ0v) is 30.7. The summed E-state index contributed by atoms with van der Waals surface area (Å²) in [5.74, 6) is -0.803. The van der Waals surface area contributed by atoms with Crippen molar-refractivity contribution in [2.45, 2.75) is 188 Å². The predicted octanol–water partition coefficient (Wildman–Crippen LogP) is 3.65. The standard InChI is InChI=1S/C40H57NO11/c1-19-11-24-5-7-28-20(2)12-26(45-28)9-10-40-17-33-36(51-40)37-38(50-33)39(52-40)35-29(49-37)8-6-25(47-35)13-22(42)14-27-31(16-30(46-24)21(19)3)48-32(34(27)44-4)15-23(43)18-41/h19,24-39H,2-3,5-18,41H2,1,4H3/t19-,24+,25-,26+,27?,28+,29+,30-,31+,32-,33-,34-,35+,36+,37+,38-,39+,40?/m1/s1. The van der Waals surface area contributed by atoms with Crippen molar-refractivity contribution in [3.63, 3.8) is 0 Å². The van der Waals surface area contributed by atoms with Crippen molar-refractivity contribution < 1.29 is 52.2 Å². The highest BCUT2D eigenvalue weighted by atomic mass is 16.8. The molecule has 0 aromatic carbocycles. The van der Waals surface area contributed by atoms with Crippen LogP contribution in [-0.2, 0) is 52.2 Å². The van der Waals surface area contributed by atoms with Gasteiger partial charge in [0.1, 0.15) is 42.1 Å². The Hall–Kier alpha value is -1.58. The van der Waals surface area contributed by atoms with Crippen LogP contribution in [0, 0.1) is 11.8 Å². The van der Waals surface area contributed by atoms with Crippen molar-refractivity contribution in [3.8, 4) is 0 Å². The Kier molecular flexibility index (Phi) is 9.83. The van der Waals surface area contributed by atoms with Gasteiger partial charge in [0.2, 0.25) is 0 Å². The molecule has 0 radical (unpaired) electrons. The fourth-order valence-corrected chi connectivity index (χ4v) is 11.2. The topological polar surface area (TPSA) is 143 Å². The first kappa shape index (κ1) is 36.1. The molecule has 1 spiro atoms. The van der Waals surface area contributed by atoms with Crippen molar-refractivity contribution in [3.05, 3.63) is 24.3 Å². The molecule has 10 aliphatic heterocycles. The maximum absolute atomic E-state index is 14.0. The van der Waals surface area contributed by atoms with E-state index in [4.69, 9.17) is 48.4 Å². The molecule has 0 aliphatic carbocycles. The number of fused-ring (bicyclic) bond motifs is 6. The van der Waals surface area contributed by atoms with Gasteiger partial charge in [-0.3, -0.25) is 9.59 Å². The molecule has 10 saturated heterocycles. The first-order chi connectivity index (χ1) is 25.1. The van der Waals surface area contributed by atoms with E-state index < -0.39 is 18.0 Å². The van der Waals surface area contributed by atoms with E-state index in [1.165, 1.54) is 0 Å². The highest BCUT2D eigenvalue weighted by molar-refractivity contribution is 5.81. The lowest BCUT2D eigenvalue weighted by atomic mass is 9.81. The molecule has 12 heteroatoms. The number of Topliss-reactive ketones (excluding diaryl/α,β-unsaturated/α-hetero) is 2. The van der Waals surface area contributed by atoms with Gasteiger partial charge in [0.15, 0.2) is 5.79 Å². The van der Waals surface area contributed by atoms with Gasteiger partial charge >= 0.3 is 0 Å². The fraction of sp³-hybridized carbons (Fsp3) is 0.850. The third kappa shape index (κ3) is 6.50. The number of nitrogens with two attached hydrogens (primary N) is 1. The number of hydrogen-bond acceptors (Lipinski definition) is 12. The fourth-order valence-electron chi connectivity index (χ4n) is 11.2. The summed E-state index contributed by atoms with van der Waals surface area (Å²) in [4.78, 5) is 26.6. The molecule has 0 amide bonds. The van der Waals surface area contributed by atoms with Crippen LogP contribution in [0.2, 0.25) is 0 Å². The lowest BCUT2D eigenvalue weighted by Crippen LogP contribution is -2.61. The Morgan fingerprint density at radius 2 is 1.54 bits per heavy atom. The molecule has 2 unspecified atom stereocenters. The first-order valence-corrected chi connectivity index (χ1v) is 20.0. The molecule has 2 N–H and O–H groups in total.